The molecular formula is C14H20FNO2. The molecule has 4 heteroatoms. The van der Waals surface area contributed by atoms with Gasteiger partial charge in [0.2, 0.25) is 0 Å². The fourth-order valence-corrected chi connectivity index (χ4v) is 2.04. The third-order valence-electron chi connectivity index (χ3n) is 2.98. The predicted molar refractivity (Wildman–Crippen MR) is 68.3 cm³/mol. The highest BCUT2D eigenvalue weighted by molar-refractivity contribution is 5.22. The zero-order valence-electron chi connectivity index (χ0n) is 10.7. The quantitative estimate of drug-likeness (QED) is 0.844. The van der Waals surface area contributed by atoms with Crippen LogP contribution in [0, 0.1) is 5.82 Å². The first-order chi connectivity index (χ1) is 8.74. The molecule has 2 unspecified atom stereocenters. The molecule has 0 radical (unpaired) electrons. The van der Waals surface area contributed by atoms with Crippen molar-refractivity contribution in [1.29, 1.82) is 0 Å². The Balaban J connectivity index is 1.65. The average molecular weight is 253 g/mol. The molecular weight excluding hydrogens is 233 g/mol. The Morgan fingerprint density at radius 1 is 1.44 bits per heavy atom. The topological polar surface area (TPSA) is 30.5 Å². The SMILES string of the molecule is CC(CNCC1CCCO1)Oc1ccc(F)cc1. The third kappa shape index (κ3) is 4.27. The van der Waals surface area contributed by atoms with Gasteiger partial charge >= 0.3 is 0 Å². The Kier molecular flexibility index (Phi) is 4.96. The largest absolute Gasteiger partial charge is 0.489 e. The summed E-state index contributed by atoms with van der Waals surface area (Å²) in [6.07, 6.45) is 2.70. The maximum Gasteiger partial charge on any atom is 0.123 e. The molecule has 1 fully saturated rings. The smallest absolute Gasteiger partial charge is 0.123 e. The second-order valence-corrected chi connectivity index (χ2v) is 4.68. The number of nitrogens with one attached hydrogen (secondary N) is 1. The molecule has 1 N–H and O–H groups in total. The van der Waals surface area contributed by atoms with Crippen LogP contribution < -0.4 is 10.1 Å². The van der Waals surface area contributed by atoms with Crippen molar-refractivity contribution >= 4 is 0 Å². The molecule has 0 aliphatic carbocycles. The number of halogens is 1. The summed E-state index contributed by atoms with van der Waals surface area (Å²) < 4.78 is 23.9. The van der Waals surface area contributed by atoms with Crippen LogP contribution in [0.25, 0.3) is 0 Å². The summed E-state index contributed by atoms with van der Waals surface area (Å²) in [4.78, 5) is 0. The molecule has 18 heavy (non-hydrogen) atoms. The van der Waals surface area contributed by atoms with E-state index < -0.39 is 0 Å². The van der Waals surface area contributed by atoms with E-state index in [4.69, 9.17) is 9.47 Å². The first-order valence-electron chi connectivity index (χ1n) is 6.48. The van der Waals surface area contributed by atoms with Crippen molar-refractivity contribution in [3.8, 4) is 5.75 Å². The van der Waals surface area contributed by atoms with E-state index in [0.717, 1.165) is 32.5 Å². The molecule has 1 saturated heterocycles. The number of ether oxygens (including phenoxy) is 2. The molecule has 3 nitrogen and oxygen atoms in total. The minimum atomic E-state index is -0.244. The molecule has 2 atom stereocenters. The maximum absolute atomic E-state index is 12.7. The van der Waals surface area contributed by atoms with Gasteiger partial charge in [-0.2, -0.15) is 0 Å². The number of benzene rings is 1. The zero-order valence-corrected chi connectivity index (χ0v) is 10.7. The van der Waals surface area contributed by atoms with Crippen molar-refractivity contribution in [2.75, 3.05) is 19.7 Å². The lowest BCUT2D eigenvalue weighted by atomic mass is 10.2. The molecule has 0 saturated carbocycles. The molecule has 1 heterocycles. The summed E-state index contributed by atoms with van der Waals surface area (Å²) in [5.74, 6) is 0.453. The highest BCUT2D eigenvalue weighted by Gasteiger charge is 2.15. The number of hydrogen-bond acceptors (Lipinski definition) is 3. The van der Waals surface area contributed by atoms with Gasteiger partial charge in [0.15, 0.2) is 0 Å². The van der Waals surface area contributed by atoms with E-state index in [1.54, 1.807) is 12.1 Å². The van der Waals surface area contributed by atoms with Crippen LogP contribution in [0.15, 0.2) is 24.3 Å². The van der Waals surface area contributed by atoms with Gasteiger partial charge in [0.1, 0.15) is 17.7 Å². The van der Waals surface area contributed by atoms with Gasteiger partial charge in [-0.05, 0) is 44.0 Å². The third-order valence-corrected chi connectivity index (χ3v) is 2.98. The van der Waals surface area contributed by atoms with Gasteiger partial charge in [-0.25, -0.2) is 4.39 Å². The van der Waals surface area contributed by atoms with E-state index in [0.29, 0.717) is 11.9 Å². The zero-order chi connectivity index (χ0) is 12.8. The van der Waals surface area contributed by atoms with Gasteiger partial charge in [0.25, 0.3) is 0 Å². The van der Waals surface area contributed by atoms with E-state index in [1.807, 2.05) is 6.92 Å². The number of rotatable bonds is 6. The second kappa shape index (κ2) is 6.71. The Hall–Kier alpha value is -1.13. The van der Waals surface area contributed by atoms with Crippen LogP contribution in [-0.2, 0) is 4.74 Å². The monoisotopic (exact) mass is 253 g/mol. The van der Waals surface area contributed by atoms with Gasteiger partial charge < -0.3 is 14.8 Å². The van der Waals surface area contributed by atoms with E-state index in [-0.39, 0.29) is 11.9 Å². The average Bonchev–Trinajstić information content (AvgIpc) is 2.85. The van der Waals surface area contributed by atoms with Crippen LogP contribution in [0.1, 0.15) is 19.8 Å². The van der Waals surface area contributed by atoms with Crippen molar-refractivity contribution in [1.82, 2.24) is 5.32 Å². The minimum Gasteiger partial charge on any atom is -0.489 e. The second-order valence-electron chi connectivity index (χ2n) is 4.68. The predicted octanol–water partition coefficient (Wildman–Crippen LogP) is 2.36. The summed E-state index contributed by atoms with van der Waals surface area (Å²) in [6, 6.07) is 6.10. The van der Waals surface area contributed by atoms with E-state index in [1.165, 1.54) is 12.1 Å². The fraction of sp³-hybridized carbons (Fsp3) is 0.571. The first kappa shape index (κ1) is 13.3. The Labute approximate surface area is 107 Å². The van der Waals surface area contributed by atoms with Crippen LogP contribution in [0.5, 0.6) is 5.75 Å². The Morgan fingerprint density at radius 3 is 2.89 bits per heavy atom. The van der Waals surface area contributed by atoms with Gasteiger partial charge in [-0.15, -0.1) is 0 Å². The summed E-state index contributed by atoms with van der Waals surface area (Å²) >= 11 is 0. The molecule has 0 aromatic heterocycles. The molecule has 1 aliphatic rings. The van der Waals surface area contributed by atoms with Crippen LogP contribution in [-0.4, -0.2) is 31.9 Å². The first-order valence-corrected chi connectivity index (χ1v) is 6.48. The standard InChI is InChI=1S/C14H20FNO2/c1-11(9-16-10-14-3-2-8-17-14)18-13-6-4-12(15)5-7-13/h4-7,11,14,16H,2-3,8-10H2,1H3. The van der Waals surface area contributed by atoms with E-state index in [2.05, 4.69) is 5.32 Å². The van der Waals surface area contributed by atoms with Gasteiger partial charge in [0.05, 0.1) is 6.10 Å². The van der Waals surface area contributed by atoms with E-state index in [9.17, 15) is 4.39 Å². The van der Waals surface area contributed by atoms with Gasteiger partial charge in [-0.3, -0.25) is 0 Å². The lowest BCUT2D eigenvalue weighted by molar-refractivity contribution is 0.106. The summed E-state index contributed by atoms with van der Waals surface area (Å²) in [6.45, 7) is 4.51. The van der Waals surface area contributed by atoms with Crippen molar-refractivity contribution in [3.05, 3.63) is 30.1 Å². The highest BCUT2D eigenvalue weighted by Crippen LogP contribution is 2.13. The molecule has 1 aromatic carbocycles. The summed E-state index contributed by atoms with van der Waals surface area (Å²) in [5.41, 5.74) is 0. The van der Waals surface area contributed by atoms with Crippen molar-refractivity contribution in [2.24, 2.45) is 0 Å². The summed E-state index contributed by atoms with van der Waals surface area (Å²) in [7, 11) is 0. The van der Waals surface area contributed by atoms with Crippen LogP contribution in [0.2, 0.25) is 0 Å². The molecule has 1 aliphatic heterocycles. The van der Waals surface area contributed by atoms with Gasteiger partial charge in [-0.1, -0.05) is 0 Å². The molecule has 1 aromatic rings. The van der Waals surface area contributed by atoms with Gasteiger partial charge in [0, 0.05) is 19.7 Å². The Morgan fingerprint density at radius 2 is 2.22 bits per heavy atom. The molecule has 2 rings (SSSR count). The van der Waals surface area contributed by atoms with Crippen LogP contribution in [0.4, 0.5) is 4.39 Å². The van der Waals surface area contributed by atoms with Crippen molar-refractivity contribution in [3.63, 3.8) is 0 Å². The minimum absolute atomic E-state index is 0.0527. The summed E-state index contributed by atoms with van der Waals surface area (Å²) in [5, 5.41) is 3.33. The molecule has 0 bridgehead atoms. The highest BCUT2D eigenvalue weighted by atomic mass is 19.1. The van der Waals surface area contributed by atoms with Crippen molar-refractivity contribution < 1.29 is 13.9 Å². The van der Waals surface area contributed by atoms with Crippen LogP contribution in [0.3, 0.4) is 0 Å². The van der Waals surface area contributed by atoms with Crippen molar-refractivity contribution in [2.45, 2.75) is 32.0 Å². The fourth-order valence-electron chi connectivity index (χ4n) is 2.04. The lowest BCUT2D eigenvalue weighted by Gasteiger charge is -2.17. The Bertz CT molecular complexity index is 349. The maximum atomic E-state index is 12.7. The molecule has 0 spiro atoms. The lowest BCUT2D eigenvalue weighted by Crippen LogP contribution is -2.34. The molecule has 0 amide bonds. The molecule has 100 valence electrons. The number of hydrogen-bond donors (Lipinski definition) is 1. The van der Waals surface area contributed by atoms with Crippen LogP contribution >= 0.6 is 0 Å². The van der Waals surface area contributed by atoms with E-state index >= 15 is 0 Å². The normalized spacial score (nSPS) is 20.9.